The number of nitrogens with one attached hydrogen (secondary N) is 2. The summed E-state index contributed by atoms with van der Waals surface area (Å²) in [6.45, 7) is 3.80. The number of aromatic nitrogens is 2. The first kappa shape index (κ1) is 24.2. The fraction of sp³-hybridized carbons (Fsp3) is 0.318. The molecule has 184 valence electrons. The van der Waals surface area contributed by atoms with Gasteiger partial charge in [-0.05, 0) is 30.6 Å². The molecule has 0 atom stereocenters. The van der Waals surface area contributed by atoms with E-state index >= 15 is 0 Å². The molecular weight excluding hydrogens is 474 g/mol. The Morgan fingerprint density at radius 3 is 2.60 bits per heavy atom. The summed E-state index contributed by atoms with van der Waals surface area (Å²) in [6.07, 6.45) is 1.10. The summed E-state index contributed by atoms with van der Waals surface area (Å²) in [5.74, 6) is 0.0918. The molecule has 1 saturated heterocycles. The van der Waals surface area contributed by atoms with Gasteiger partial charge in [0.1, 0.15) is 16.8 Å². The van der Waals surface area contributed by atoms with Crippen LogP contribution in [0.15, 0.2) is 35.8 Å². The number of likely N-dealkylation sites (N-methyl/N-ethyl adjacent to an activating group) is 1. The summed E-state index contributed by atoms with van der Waals surface area (Å²) < 4.78 is 10.3. The standard InChI is InChI=1S/C22H25N7O5S/c1-27-7-9-28(10-8-27)14-4-5-15(18(12-14)33-2)25-22-23-13-17(29(31)32)20(26-22)24-16-6-11-35-19(16)21(30)34-3/h4-6,11-13H,7-10H2,1-3H3,(H2,23,24,25,26). The molecule has 1 fully saturated rings. The van der Waals surface area contributed by atoms with Gasteiger partial charge in [-0.1, -0.05) is 0 Å². The highest BCUT2D eigenvalue weighted by Crippen LogP contribution is 2.34. The second-order valence-electron chi connectivity index (χ2n) is 7.76. The molecule has 2 N–H and O–H groups in total. The predicted octanol–water partition coefficient (Wildman–Crippen LogP) is 3.48. The number of anilines is 5. The van der Waals surface area contributed by atoms with E-state index in [9.17, 15) is 14.9 Å². The summed E-state index contributed by atoms with van der Waals surface area (Å²) in [5.41, 5.74) is 1.66. The first-order valence-electron chi connectivity index (χ1n) is 10.7. The predicted molar refractivity (Wildman–Crippen MR) is 134 cm³/mol. The Balaban J connectivity index is 1.59. The van der Waals surface area contributed by atoms with Crippen molar-refractivity contribution in [1.29, 1.82) is 0 Å². The van der Waals surface area contributed by atoms with Gasteiger partial charge in [-0.15, -0.1) is 11.3 Å². The SMILES string of the molecule is COC(=O)c1sccc1Nc1nc(Nc2ccc(N3CCN(C)CC3)cc2OC)ncc1[N+](=O)[O-]. The van der Waals surface area contributed by atoms with Gasteiger partial charge in [0.05, 0.1) is 30.5 Å². The fourth-order valence-corrected chi connectivity index (χ4v) is 4.38. The third kappa shape index (κ3) is 5.41. The van der Waals surface area contributed by atoms with Crippen LogP contribution < -0.4 is 20.3 Å². The third-order valence-electron chi connectivity index (χ3n) is 5.56. The number of hydrogen-bond donors (Lipinski definition) is 2. The van der Waals surface area contributed by atoms with Gasteiger partial charge in [-0.2, -0.15) is 4.98 Å². The number of hydrogen-bond acceptors (Lipinski definition) is 12. The van der Waals surface area contributed by atoms with E-state index in [0.29, 0.717) is 17.1 Å². The highest BCUT2D eigenvalue weighted by Gasteiger charge is 2.22. The second kappa shape index (κ2) is 10.5. The molecule has 0 bridgehead atoms. The number of carbonyl (C=O) groups is 1. The molecule has 2 aromatic heterocycles. The lowest BCUT2D eigenvalue weighted by Crippen LogP contribution is -2.44. The maximum Gasteiger partial charge on any atom is 0.350 e. The number of esters is 1. The molecule has 0 amide bonds. The third-order valence-corrected chi connectivity index (χ3v) is 6.45. The average Bonchev–Trinajstić information content (AvgIpc) is 3.32. The van der Waals surface area contributed by atoms with Crippen LogP contribution in [0.2, 0.25) is 0 Å². The largest absolute Gasteiger partial charge is 0.494 e. The highest BCUT2D eigenvalue weighted by atomic mass is 32.1. The van der Waals surface area contributed by atoms with Gasteiger partial charge in [0.15, 0.2) is 0 Å². The zero-order chi connectivity index (χ0) is 24.9. The molecule has 0 aliphatic carbocycles. The molecule has 3 aromatic rings. The number of ether oxygens (including phenoxy) is 2. The zero-order valence-electron chi connectivity index (χ0n) is 19.5. The van der Waals surface area contributed by atoms with E-state index in [1.54, 1.807) is 18.6 Å². The van der Waals surface area contributed by atoms with Gasteiger partial charge in [0.25, 0.3) is 0 Å². The van der Waals surface area contributed by atoms with Gasteiger partial charge in [0, 0.05) is 37.9 Å². The molecule has 1 aliphatic rings. The molecule has 12 nitrogen and oxygen atoms in total. The van der Waals surface area contributed by atoms with Crippen LogP contribution in [0.3, 0.4) is 0 Å². The highest BCUT2D eigenvalue weighted by molar-refractivity contribution is 7.12. The molecule has 0 spiro atoms. The molecule has 1 aliphatic heterocycles. The minimum absolute atomic E-state index is 0.0657. The van der Waals surface area contributed by atoms with Crippen molar-refractivity contribution >= 4 is 51.8 Å². The molecule has 0 radical (unpaired) electrons. The van der Waals surface area contributed by atoms with Crippen LogP contribution in [0, 0.1) is 10.1 Å². The lowest BCUT2D eigenvalue weighted by atomic mass is 10.2. The van der Waals surface area contributed by atoms with Crippen LogP contribution >= 0.6 is 11.3 Å². The van der Waals surface area contributed by atoms with E-state index in [0.717, 1.165) is 49.4 Å². The first-order chi connectivity index (χ1) is 16.9. The van der Waals surface area contributed by atoms with Crippen molar-refractivity contribution in [2.45, 2.75) is 0 Å². The van der Waals surface area contributed by atoms with Crippen LogP contribution in [0.4, 0.5) is 34.5 Å². The minimum atomic E-state index is -0.596. The van der Waals surface area contributed by atoms with Gasteiger partial charge < -0.3 is 29.9 Å². The molecule has 0 unspecified atom stereocenters. The maximum atomic E-state index is 12.0. The van der Waals surface area contributed by atoms with Crippen molar-refractivity contribution in [1.82, 2.24) is 14.9 Å². The van der Waals surface area contributed by atoms with Crippen molar-refractivity contribution in [3.63, 3.8) is 0 Å². The first-order valence-corrected chi connectivity index (χ1v) is 11.6. The smallest absolute Gasteiger partial charge is 0.350 e. The lowest BCUT2D eigenvalue weighted by molar-refractivity contribution is -0.384. The Labute approximate surface area is 205 Å². The number of nitrogens with zero attached hydrogens (tertiary/aromatic N) is 5. The van der Waals surface area contributed by atoms with E-state index in [4.69, 9.17) is 9.47 Å². The van der Waals surface area contributed by atoms with E-state index < -0.39 is 10.9 Å². The van der Waals surface area contributed by atoms with Crippen LogP contribution in [-0.2, 0) is 4.74 Å². The lowest BCUT2D eigenvalue weighted by Gasteiger charge is -2.34. The Kier molecular flexibility index (Phi) is 7.27. The number of carbonyl (C=O) groups excluding carboxylic acids is 1. The van der Waals surface area contributed by atoms with Crippen LogP contribution in [0.5, 0.6) is 5.75 Å². The molecule has 4 rings (SSSR count). The summed E-state index contributed by atoms with van der Waals surface area (Å²) >= 11 is 1.15. The molecule has 0 saturated carbocycles. The number of piperazine rings is 1. The number of rotatable bonds is 8. The van der Waals surface area contributed by atoms with Gasteiger partial charge >= 0.3 is 11.7 Å². The van der Waals surface area contributed by atoms with Crippen molar-refractivity contribution in [3.8, 4) is 5.75 Å². The monoisotopic (exact) mass is 499 g/mol. The van der Waals surface area contributed by atoms with Crippen molar-refractivity contribution in [2.24, 2.45) is 0 Å². The van der Waals surface area contributed by atoms with Crippen LogP contribution in [0.25, 0.3) is 0 Å². The summed E-state index contributed by atoms with van der Waals surface area (Å²) in [5, 5.41) is 19.2. The zero-order valence-corrected chi connectivity index (χ0v) is 20.3. The van der Waals surface area contributed by atoms with E-state index in [1.807, 2.05) is 18.2 Å². The Hall–Kier alpha value is -3.97. The van der Waals surface area contributed by atoms with E-state index in [2.05, 4.69) is 37.4 Å². The molecule has 35 heavy (non-hydrogen) atoms. The fourth-order valence-electron chi connectivity index (χ4n) is 3.61. The molecular formula is C22H25N7O5S. The molecule has 3 heterocycles. The minimum Gasteiger partial charge on any atom is -0.494 e. The summed E-state index contributed by atoms with van der Waals surface area (Å²) in [4.78, 5) is 36.2. The molecule has 13 heteroatoms. The van der Waals surface area contributed by atoms with Crippen molar-refractivity contribution in [2.75, 3.05) is 63.0 Å². The second-order valence-corrected chi connectivity index (χ2v) is 8.68. The average molecular weight is 500 g/mol. The van der Waals surface area contributed by atoms with Gasteiger partial charge in [-0.25, -0.2) is 9.78 Å². The summed E-state index contributed by atoms with van der Waals surface area (Å²) in [6, 6.07) is 7.40. The van der Waals surface area contributed by atoms with Gasteiger partial charge in [0.2, 0.25) is 11.8 Å². The van der Waals surface area contributed by atoms with E-state index in [1.165, 1.54) is 7.11 Å². The Bertz CT molecular complexity index is 1230. The maximum absolute atomic E-state index is 12.0. The van der Waals surface area contributed by atoms with Crippen LogP contribution in [-0.4, -0.2) is 73.2 Å². The molecule has 1 aromatic carbocycles. The summed E-state index contributed by atoms with van der Waals surface area (Å²) in [7, 11) is 4.94. The number of thiophene rings is 1. The quantitative estimate of drug-likeness (QED) is 0.268. The topological polar surface area (TPSA) is 135 Å². The normalized spacial score (nSPS) is 13.9. The van der Waals surface area contributed by atoms with Crippen molar-refractivity contribution in [3.05, 3.63) is 50.8 Å². The van der Waals surface area contributed by atoms with Crippen LogP contribution in [0.1, 0.15) is 9.67 Å². The number of nitro groups is 1. The Morgan fingerprint density at radius 1 is 1.14 bits per heavy atom. The van der Waals surface area contributed by atoms with Crippen molar-refractivity contribution < 1.29 is 19.2 Å². The Morgan fingerprint density at radius 2 is 1.91 bits per heavy atom. The number of methoxy groups -OCH3 is 2. The van der Waals surface area contributed by atoms with E-state index in [-0.39, 0.29) is 22.3 Å². The number of benzene rings is 1. The van der Waals surface area contributed by atoms with Gasteiger partial charge in [-0.3, -0.25) is 10.1 Å².